The van der Waals surface area contributed by atoms with Crippen molar-refractivity contribution in [3.63, 3.8) is 0 Å². The number of carbonyl (C=O) groups excluding carboxylic acids is 1. The van der Waals surface area contributed by atoms with Crippen molar-refractivity contribution in [2.75, 3.05) is 6.61 Å². The molecule has 4 aromatic rings. The molecule has 0 amide bonds. The fourth-order valence-corrected chi connectivity index (χ4v) is 6.22. The highest BCUT2D eigenvalue weighted by molar-refractivity contribution is 7.52. The number of H-pyrrole nitrogens is 1. The first-order valence-corrected chi connectivity index (χ1v) is 15.3. The van der Waals surface area contributed by atoms with Gasteiger partial charge in [-0.3, -0.25) is 23.7 Å². The fourth-order valence-electron chi connectivity index (χ4n) is 4.57. The van der Waals surface area contributed by atoms with Gasteiger partial charge in [0.05, 0.1) is 19.2 Å². The first kappa shape index (κ1) is 31.7. The van der Waals surface area contributed by atoms with Gasteiger partial charge in [-0.15, -0.1) is 0 Å². The number of esters is 1. The van der Waals surface area contributed by atoms with E-state index in [1.165, 1.54) is 13.0 Å². The molecule has 0 radical (unpaired) electrons. The lowest BCUT2D eigenvalue weighted by Gasteiger charge is -2.27. The minimum Gasteiger partial charge on any atom is -0.508 e. The third-order valence-electron chi connectivity index (χ3n) is 6.77. The summed E-state index contributed by atoms with van der Waals surface area (Å²) in [7, 11) is -4.63. The number of hydrogen-bond acceptors (Lipinski definition) is 10. The summed E-state index contributed by atoms with van der Waals surface area (Å²) in [5.74, 6) is -2.88. The van der Waals surface area contributed by atoms with E-state index in [2.05, 4.69) is 5.09 Å². The minimum absolute atomic E-state index is 0.0546. The van der Waals surface area contributed by atoms with Gasteiger partial charge in [0.1, 0.15) is 24.2 Å². The summed E-state index contributed by atoms with van der Waals surface area (Å²) in [6.45, 7) is 0.416. The van der Waals surface area contributed by atoms with Crippen molar-refractivity contribution in [1.82, 2.24) is 14.6 Å². The van der Waals surface area contributed by atoms with Crippen LogP contribution in [0.1, 0.15) is 25.1 Å². The van der Waals surface area contributed by atoms with E-state index in [9.17, 15) is 33.6 Å². The van der Waals surface area contributed by atoms with Gasteiger partial charge in [-0.2, -0.15) is 9.48 Å². The second kappa shape index (κ2) is 13.5. The molecule has 1 aromatic heterocycles. The van der Waals surface area contributed by atoms with E-state index in [0.717, 1.165) is 10.9 Å². The monoisotopic (exact) mass is 641 g/mol. The number of carbonyl (C=O) groups is 1. The molecule has 0 unspecified atom stereocenters. The van der Waals surface area contributed by atoms with Crippen LogP contribution in [-0.2, 0) is 30.0 Å². The molecule has 45 heavy (non-hydrogen) atoms. The number of halogens is 1. The lowest BCUT2D eigenvalue weighted by molar-refractivity contribution is -0.146. The Balaban J connectivity index is 1.40. The number of aromatic nitrogens is 2. The number of nitrogens with one attached hydrogen (secondary N) is 2. The molecule has 0 saturated heterocycles. The van der Waals surface area contributed by atoms with Crippen molar-refractivity contribution in [2.24, 2.45) is 0 Å². The van der Waals surface area contributed by atoms with Crippen LogP contribution in [0.5, 0.6) is 5.75 Å². The van der Waals surface area contributed by atoms with Crippen LogP contribution in [0.3, 0.4) is 0 Å². The summed E-state index contributed by atoms with van der Waals surface area (Å²) in [6.07, 6.45) is -2.77. The molecule has 4 atom stereocenters. The van der Waals surface area contributed by atoms with E-state index in [-0.39, 0.29) is 18.8 Å². The molecule has 0 saturated carbocycles. The molecule has 1 aliphatic heterocycles. The van der Waals surface area contributed by atoms with Gasteiger partial charge in [-0.25, -0.2) is 9.36 Å². The van der Waals surface area contributed by atoms with Crippen molar-refractivity contribution < 1.29 is 42.5 Å². The number of aromatic amines is 1. The molecular formula is C30H29FN3O10P. The Morgan fingerprint density at radius 3 is 2.60 bits per heavy atom. The summed E-state index contributed by atoms with van der Waals surface area (Å²) in [4.78, 5) is 38.4. The maximum atomic E-state index is 14.4. The zero-order valence-electron chi connectivity index (χ0n) is 23.8. The summed E-state index contributed by atoms with van der Waals surface area (Å²) in [6, 6.07) is 19.7. The molecule has 13 nitrogen and oxygen atoms in total. The zero-order chi connectivity index (χ0) is 32.1. The molecule has 0 aliphatic carbocycles. The standard InChI is InChI=1S/C30H29FN3O10P/c1-18(29(38)41-17-19-8-3-2-4-9-19)33-45(40,43-24-13-7-11-20-10-5-6-12-21(20)24)44-25(16-35)27-23(36)14-26(42-27)34-15-22(31)28(37)32-30(34)39/h2-13,15,18,25-26,35-36H,14,16-17H2,1H3,(H,33,40)(H,32,37,39)/t18-,25+,26+,45-/m0/s1. The molecule has 15 heteroatoms. The minimum atomic E-state index is -4.63. The topological polar surface area (TPSA) is 178 Å². The fraction of sp³-hybridized carbons (Fsp3) is 0.233. The maximum Gasteiger partial charge on any atom is 0.460 e. The van der Waals surface area contributed by atoms with Crippen molar-refractivity contribution >= 4 is 24.5 Å². The number of aliphatic hydroxyl groups excluding tert-OH is 2. The quantitative estimate of drug-likeness (QED) is 0.131. The van der Waals surface area contributed by atoms with Crippen LogP contribution in [0.2, 0.25) is 0 Å². The highest BCUT2D eigenvalue weighted by atomic mass is 31.2. The SMILES string of the molecule is C[C@H](N[P@](=O)(Oc1cccc2ccccc12)O[C@H](CO)C1=C(O)C[C@H](n2cc(F)c(=O)[nH]c2=O)O1)C(=O)OCc1ccccc1. The Labute approximate surface area is 255 Å². The lowest BCUT2D eigenvalue weighted by Crippen LogP contribution is -2.37. The van der Waals surface area contributed by atoms with Crippen LogP contribution >= 0.6 is 7.75 Å². The molecule has 236 valence electrons. The van der Waals surface area contributed by atoms with Crippen LogP contribution in [0.15, 0.2) is 100 Å². The van der Waals surface area contributed by atoms with E-state index in [1.54, 1.807) is 65.6 Å². The van der Waals surface area contributed by atoms with Crippen molar-refractivity contribution in [1.29, 1.82) is 0 Å². The largest absolute Gasteiger partial charge is 0.508 e. The van der Waals surface area contributed by atoms with Gasteiger partial charge in [-0.1, -0.05) is 66.7 Å². The van der Waals surface area contributed by atoms with Crippen LogP contribution in [0.4, 0.5) is 4.39 Å². The Hall–Kier alpha value is -4.75. The van der Waals surface area contributed by atoms with Gasteiger partial charge >= 0.3 is 19.4 Å². The van der Waals surface area contributed by atoms with Gasteiger partial charge in [-0.05, 0) is 23.9 Å². The van der Waals surface area contributed by atoms with Crippen LogP contribution in [0.25, 0.3) is 10.8 Å². The third-order valence-corrected chi connectivity index (χ3v) is 8.44. The molecule has 2 heterocycles. The van der Waals surface area contributed by atoms with Crippen molar-refractivity contribution in [3.05, 3.63) is 123 Å². The second-order valence-corrected chi connectivity index (χ2v) is 11.7. The number of rotatable bonds is 12. The lowest BCUT2D eigenvalue weighted by atomic mass is 10.1. The molecule has 0 bridgehead atoms. The van der Waals surface area contributed by atoms with Gasteiger partial charge in [0.15, 0.2) is 18.1 Å². The average Bonchev–Trinajstić information content (AvgIpc) is 3.42. The van der Waals surface area contributed by atoms with Gasteiger partial charge in [0.25, 0.3) is 5.56 Å². The van der Waals surface area contributed by atoms with E-state index in [4.69, 9.17) is 18.5 Å². The number of aliphatic hydroxyl groups is 2. The van der Waals surface area contributed by atoms with Crippen LogP contribution in [-0.4, -0.2) is 44.5 Å². The highest BCUT2D eigenvalue weighted by Crippen LogP contribution is 2.49. The Morgan fingerprint density at radius 1 is 1.13 bits per heavy atom. The Morgan fingerprint density at radius 2 is 1.84 bits per heavy atom. The number of benzene rings is 3. The van der Waals surface area contributed by atoms with Crippen LogP contribution in [0, 0.1) is 5.82 Å². The molecule has 4 N–H and O–H groups in total. The third kappa shape index (κ3) is 7.32. The Bertz CT molecular complexity index is 1890. The molecule has 0 fully saturated rings. The molecular weight excluding hydrogens is 612 g/mol. The number of ether oxygens (including phenoxy) is 2. The number of hydrogen-bond donors (Lipinski definition) is 4. The first-order chi connectivity index (χ1) is 21.6. The van der Waals surface area contributed by atoms with Gasteiger partial charge in [0, 0.05) is 5.39 Å². The van der Waals surface area contributed by atoms with E-state index < -0.39 is 67.3 Å². The predicted octanol–water partition coefficient (Wildman–Crippen LogP) is 3.80. The Kier molecular flexibility index (Phi) is 9.49. The molecule has 5 rings (SSSR count). The summed E-state index contributed by atoms with van der Waals surface area (Å²) in [5.41, 5.74) is -1.53. The molecule has 1 aliphatic rings. The smallest absolute Gasteiger partial charge is 0.460 e. The number of nitrogens with zero attached hydrogens (tertiary/aromatic N) is 1. The predicted molar refractivity (Wildman–Crippen MR) is 159 cm³/mol. The van der Waals surface area contributed by atoms with Gasteiger partial charge in [0.2, 0.25) is 5.82 Å². The van der Waals surface area contributed by atoms with E-state index >= 15 is 0 Å². The zero-order valence-corrected chi connectivity index (χ0v) is 24.7. The highest BCUT2D eigenvalue weighted by Gasteiger charge is 2.41. The van der Waals surface area contributed by atoms with Crippen molar-refractivity contribution in [3.8, 4) is 5.75 Å². The molecule has 3 aromatic carbocycles. The summed E-state index contributed by atoms with van der Waals surface area (Å²) in [5, 5.41) is 24.7. The summed E-state index contributed by atoms with van der Waals surface area (Å²) >= 11 is 0. The normalized spacial score (nSPS) is 17.4. The van der Waals surface area contributed by atoms with Gasteiger partial charge < -0.3 is 24.2 Å². The van der Waals surface area contributed by atoms with Crippen molar-refractivity contribution in [2.45, 2.75) is 38.3 Å². The van der Waals surface area contributed by atoms with E-state index in [0.29, 0.717) is 16.2 Å². The van der Waals surface area contributed by atoms with E-state index in [1.807, 2.05) is 6.07 Å². The second-order valence-electron chi connectivity index (χ2n) is 10.0. The maximum absolute atomic E-state index is 14.4. The number of fused-ring (bicyclic) bond motifs is 1. The van der Waals surface area contributed by atoms with Crippen LogP contribution < -0.4 is 20.9 Å². The summed E-state index contributed by atoms with van der Waals surface area (Å²) < 4.78 is 51.6. The average molecular weight is 642 g/mol. The first-order valence-electron chi connectivity index (χ1n) is 13.7. The molecule has 0 spiro atoms.